The predicted octanol–water partition coefficient (Wildman–Crippen LogP) is 2.04. The van der Waals surface area contributed by atoms with Crippen LogP contribution in [0.25, 0.3) is 0 Å². The molecule has 19 heavy (non-hydrogen) atoms. The Kier molecular flexibility index (Phi) is 4.10. The molecule has 0 radical (unpaired) electrons. The van der Waals surface area contributed by atoms with Crippen LogP contribution in [-0.2, 0) is 13.6 Å². The lowest BCUT2D eigenvalue weighted by Crippen LogP contribution is -2.37. The molecule has 4 nitrogen and oxygen atoms in total. The summed E-state index contributed by atoms with van der Waals surface area (Å²) in [7, 11) is 2.00. The molecular formula is C14H23ClN4. The van der Waals surface area contributed by atoms with E-state index in [4.69, 9.17) is 11.6 Å². The molecule has 5 heteroatoms. The van der Waals surface area contributed by atoms with E-state index in [-0.39, 0.29) is 0 Å². The Labute approximate surface area is 120 Å². The minimum Gasteiger partial charge on any atom is -0.321 e. The molecule has 1 N–H and O–H groups in total. The Balaban J connectivity index is 1.62. The highest BCUT2D eigenvalue weighted by atomic mass is 35.5. The summed E-state index contributed by atoms with van der Waals surface area (Å²) in [4.78, 5) is 7.06. The topological polar surface area (TPSA) is 33.1 Å². The van der Waals surface area contributed by atoms with Crippen LogP contribution in [0.15, 0.2) is 6.20 Å². The molecule has 0 amide bonds. The number of aromatic nitrogens is 2. The van der Waals surface area contributed by atoms with Crippen LogP contribution in [-0.4, -0.2) is 40.1 Å². The number of rotatable bonds is 5. The van der Waals surface area contributed by atoms with Crippen molar-refractivity contribution in [1.82, 2.24) is 19.8 Å². The molecule has 0 bridgehead atoms. The standard InChI is InChI=1S/C14H23ClN4/c1-18-13(15)8-17-14(18)10-19(12-2-3-12)9-11-4-6-16-7-5-11/h8,11-12,16H,2-7,9-10H2,1H3. The normalized spacial score (nSPS) is 21.2. The molecule has 1 aliphatic carbocycles. The highest BCUT2D eigenvalue weighted by Crippen LogP contribution is 2.30. The van der Waals surface area contributed by atoms with Crippen molar-refractivity contribution in [2.24, 2.45) is 13.0 Å². The quantitative estimate of drug-likeness (QED) is 0.897. The molecular weight excluding hydrogens is 260 g/mol. The van der Waals surface area contributed by atoms with Gasteiger partial charge in [-0.2, -0.15) is 0 Å². The fourth-order valence-corrected chi connectivity index (χ4v) is 3.08. The maximum atomic E-state index is 6.07. The largest absolute Gasteiger partial charge is 0.321 e. The first-order valence-electron chi connectivity index (χ1n) is 7.35. The Morgan fingerprint density at radius 2 is 2.11 bits per heavy atom. The molecule has 2 heterocycles. The number of imidazole rings is 1. The number of hydrogen-bond donors (Lipinski definition) is 1. The van der Waals surface area contributed by atoms with Crippen molar-refractivity contribution in [3.05, 3.63) is 17.2 Å². The van der Waals surface area contributed by atoms with Gasteiger partial charge in [-0.05, 0) is 44.7 Å². The Morgan fingerprint density at radius 3 is 2.68 bits per heavy atom. The van der Waals surface area contributed by atoms with E-state index >= 15 is 0 Å². The van der Waals surface area contributed by atoms with E-state index < -0.39 is 0 Å². The van der Waals surface area contributed by atoms with Crippen LogP contribution in [0, 0.1) is 5.92 Å². The zero-order valence-electron chi connectivity index (χ0n) is 11.6. The Hall–Kier alpha value is -0.580. The van der Waals surface area contributed by atoms with E-state index in [0.29, 0.717) is 0 Å². The molecule has 0 aromatic carbocycles. The lowest BCUT2D eigenvalue weighted by atomic mass is 9.97. The average molecular weight is 283 g/mol. The first-order valence-corrected chi connectivity index (χ1v) is 7.72. The van der Waals surface area contributed by atoms with Crippen molar-refractivity contribution < 1.29 is 0 Å². The van der Waals surface area contributed by atoms with Gasteiger partial charge in [-0.25, -0.2) is 4.98 Å². The van der Waals surface area contributed by atoms with E-state index in [1.165, 1.54) is 45.3 Å². The van der Waals surface area contributed by atoms with Crippen molar-refractivity contribution >= 4 is 11.6 Å². The minimum atomic E-state index is 0.729. The molecule has 1 aromatic heterocycles. The molecule has 0 atom stereocenters. The number of hydrogen-bond acceptors (Lipinski definition) is 3. The van der Waals surface area contributed by atoms with Gasteiger partial charge in [0, 0.05) is 19.6 Å². The minimum absolute atomic E-state index is 0.729. The number of halogens is 1. The zero-order chi connectivity index (χ0) is 13.2. The fourth-order valence-electron chi connectivity index (χ4n) is 2.93. The second kappa shape index (κ2) is 5.81. The highest BCUT2D eigenvalue weighted by molar-refractivity contribution is 6.29. The monoisotopic (exact) mass is 282 g/mol. The molecule has 106 valence electrons. The van der Waals surface area contributed by atoms with Gasteiger partial charge < -0.3 is 9.88 Å². The van der Waals surface area contributed by atoms with E-state index in [9.17, 15) is 0 Å². The van der Waals surface area contributed by atoms with E-state index in [1.807, 2.05) is 11.6 Å². The average Bonchev–Trinajstić information content (AvgIpc) is 3.22. The maximum absolute atomic E-state index is 6.07. The Morgan fingerprint density at radius 1 is 1.37 bits per heavy atom. The molecule has 1 aliphatic heterocycles. The van der Waals surface area contributed by atoms with Crippen molar-refractivity contribution in [3.8, 4) is 0 Å². The highest BCUT2D eigenvalue weighted by Gasteiger charge is 2.31. The van der Waals surface area contributed by atoms with Crippen LogP contribution in [0.5, 0.6) is 0 Å². The lowest BCUT2D eigenvalue weighted by Gasteiger charge is -2.30. The Bertz CT molecular complexity index is 421. The summed E-state index contributed by atoms with van der Waals surface area (Å²) in [6.07, 6.45) is 7.08. The molecule has 1 aromatic rings. The first kappa shape index (κ1) is 13.4. The lowest BCUT2D eigenvalue weighted by molar-refractivity contribution is 0.185. The van der Waals surface area contributed by atoms with Gasteiger partial charge in [-0.1, -0.05) is 11.6 Å². The number of nitrogens with one attached hydrogen (secondary N) is 1. The third-order valence-corrected chi connectivity index (χ3v) is 4.74. The third kappa shape index (κ3) is 3.30. The molecule has 2 fully saturated rings. The maximum Gasteiger partial charge on any atom is 0.128 e. The first-order chi connectivity index (χ1) is 9.24. The van der Waals surface area contributed by atoms with Gasteiger partial charge in [0.2, 0.25) is 0 Å². The molecule has 1 saturated carbocycles. The fraction of sp³-hybridized carbons (Fsp3) is 0.786. The molecule has 1 saturated heterocycles. The smallest absolute Gasteiger partial charge is 0.128 e. The summed E-state index contributed by atoms with van der Waals surface area (Å²) >= 11 is 6.07. The molecule has 0 spiro atoms. The summed E-state index contributed by atoms with van der Waals surface area (Å²) in [5, 5.41) is 4.17. The van der Waals surface area contributed by atoms with Crippen molar-refractivity contribution in [1.29, 1.82) is 0 Å². The second-order valence-corrected chi connectivity index (χ2v) is 6.30. The summed E-state index contributed by atoms with van der Waals surface area (Å²) in [6, 6.07) is 0.783. The van der Waals surface area contributed by atoms with Gasteiger partial charge in [0.15, 0.2) is 0 Å². The van der Waals surface area contributed by atoms with Crippen LogP contribution in [0.4, 0.5) is 0 Å². The molecule has 0 unspecified atom stereocenters. The predicted molar refractivity (Wildman–Crippen MR) is 77.2 cm³/mol. The molecule has 3 rings (SSSR count). The SMILES string of the molecule is Cn1c(Cl)cnc1CN(CC1CCNCC1)C1CC1. The third-order valence-electron chi connectivity index (χ3n) is 4.39. The van der Waals surface area contributed by atoms with Crippen molar-refractivity contribution in [2.75, 3.05) is 19.6 Å². The van der Waals surface area contributed by atoms with Crippen LogP contribution in [0.1, 0.15) is 31.5 Å². The van der Waals surface area contributed by atoms with Gasteiger partial charge in [-0.15, -0.1) is 0 Å². The van der Waals surface area contributed by atoms with Gasteiger partial charge in [0.1, 0.15) is 11.0 Å². The van der Waals surface area contributed by atoms with Crippen LogP contribution < -0.4 is 5.32 Å². The van der Waals surface area contributed by atoms with Gasteiger partial charge in [0.25, 0.3) is 0 Å². The number of nitrogens with zero attached hydrogens (tertiary/aromatic N) is 3. The summed E-state index contributed by atoms with van der Waals surface area (Å²) in [5.74, 6) is 1.93. The van der Waals surface area contributed by atoms with Crippen LogP contribution >= 0.6 is 11.6 Å². The van der Waals surface area contributed by atoms with E-state index in [2.05, 4.69) is 15.2 Å². The van der Waals surface area contributed by atoms with Crippen LogP contribution in [0.2, 0.25) is 5.15 Å². The van der Waals surface area contributed by atoms with Crippen molar-refractivity contribution in [3.63, 3.8) is 0 Å². The van der Waals surface area contributed by atoms with Gasteiger partial charge in [-0.3, -0.25) is 4.90 Å². The van der Waals surface area contributed by atoms with Crippen molar-refractivity contribution in [2.45, 2.75) is 38.3 Å². The zero-order valence-corrected chi connectivity index (χ0v) is 12.4. The second-order valence-electron chi connectivity index (χ2n) is 5.91. The van der Waals surface area contributed by atoms with Gasteiger partial charge >= 0.3 is 0 Å². The van der Waals surface area contributed by atoms with Gasteiger partial charge in [0.05, 0.1) is 12.7 Å². The summed E-state index contributed by atoms with van der Waals surface area (Å²) in [6.45, 7) is 4.52. The summed E-state index contributed by atoms with van der Waals surface area (Å²) in [5.41, 5.74) is 0. The van der Waals surface area contributed by atoms with Crippen LogP contribution in [0.3, 0.4) is 0 Å². The summed E-state index contributed by atoms with van der Waals surface area (Å²) < 4.78 is 2.00. The molecule has 2 aliphatic rings. The van der Waals surface area contributed by atoms with E-state index in [1.54, 1.807) is 6.20 Å². The number of piperidine rings is 1. The van der Waals surface area contributed by atoms with E-state index in [0.717, 1.165) is 29.5 Å².